The fourth-order valence-electron chi connectivity index (χ4n) is 4.60. The summed E-state index contributed by atoms with van der Waals surface area (Å²) in [5.41, 5.74) is 9.01. The zero-order chi connectivity index (χ0) is 28.2. The summed E-state index contributed by atoms with van der Waals surface area (Å²) in [7, 11) is 3.90. The van der Waals surface area contributed by atoms with Crippen molar-refractivity contribution in [3.63, 3.8) is 0 Å². The summed E-state index contributed by atoms with van der Waals surface area (Å²) >= 11 is 0. The Labute approximate surface area is 230 Å². The number of pyridine rings is 1. The number of hydrogen-bond donors (Lipinski definition) is 2. The lowest BCUT2D eigenvalue weighted by Gasteiger charge is -2.15. The number of rotatable bonds is 7. The Morgan fingerprint density at radius 3 is 2.75 bits per heavy atom. The number of anilines is 2. The van der Waals surface area contributed by atoms with Crippen molar-refractivity contribution in [1.82, 2.24) is 34.5 Å². The van der Waals surface area contributed by atoms with E-state index in [0.717, 1.165) is 12.0 Å². The molecule has 5 rings (SSSR count). The molecule has 1 unspecified atom stereocenters. The molecule has 1 atom stereocenters. The van der Waals surface area contributed by atoms with Crippen LogP contribution in [-0.2, 0) is 4.79 Å². The number of likely N-dealkylation sites (tertiary alicyclic amines) is 1. The minimum atomic E-state index is -0.359. The van der Waals surface area contributed by atoms with E-state index in [1.54, 1.807) is 36.4 Å². The van der Waals surface area contributed by atoms with Crippen LogP contribution in [-0.4, -0.2) is 80.1 Å². The third kappa shape index (κ3) is 5.50. The van der Waals surface area contributed by atoms with Crippen molar-refractivity contribution in [1.29, 1.82) is 5.26 Å². The monoisotopic (exact) mass is 536 g/mol. The van der Waals surface area contributed by atoms with Gasteiger partial charge in [0, 0.05) is 43.0 Å². The van der Waals surface area contributed by atoms with Crippen molar-refractivity contribution >= 4 is 34.5 Å². The number of nitrogens with two attached hydrogens (primary N) is 1. The number of nitrogens with zero attached hydrogens (tertiary/aromatic N) is 8. The fraction of sp³-hybridized carbons (Fsp3) is 0.250. The summed E-state index contributed by atoms with van der Waals surface area (Å²) in [6.07, 6.45) is 7.07. The number of likely N-dealkylation sites (N-methyl/N-ethyl adjacent to an activating group) is 1. The molecule has 12 nitrogen and oxygen atoms in total. The molecule has 0 saturated carbocycles. The SMILES string of the molecule is CN(C)CC=CC(=O)N1CCC(n2nc(-c3ccc(C(=O)Nc4cc(C#N)ccn4)cc3)c3c(N)ncnc32)C1. The molecule has 1 aromatic carbocycles. The molecule has 4 heterocycles. The van der Waals surface area contributed by atoms with Gasteiger partial charge in [0.15, 0.2) is 5.65 Å². The second-order valence-corrected chi connectivity index (χ2v) is 9.72. The van der Waals surface area contributed by atoms with E-state index < -0.39 is 0 Å². The summed E-state index contributed by atoms with van der Waals surface area (Å²) in [4.78, 5) is 42.0. The average Bonchev–Trinajstić information content (AvgIpc) is 3.59. The van der Waals surface area contributed by atoms with Gasteiger partial charge in [-0.1, -0.05) is 18.2 Å². The lowest BCUT2D eigenvalue weighted by atomic mass is 10.1. The van der Waals surface area contributed by atoms with Crippen LogP contribution in [0.3, 0.4) is 0 Å². The molecular weight excluding hydrogens is 508 g/mol. The van der Waals surface area contributed by atoms with Gasteiger partial charge >= 0.3 is 0 Å². The zero-order valence-electron chi connectivity index (χ0n) is 22.2. The third-order valence-electron chi connectivity index (χ3n) is 6.62. The highest BCUT2D eigenvalue weighted by Crippen LogP contribution is 2.34. The van der Waals surface area contributed by atoms with Crippen molar-refractivity contribution < 1.29 is 9.59 Å². The van der Waals surface area contributed by atoms with Crippen molar-refractivity contribution in [3.05, 3.63) is 72.2 Å². The number of benzene rings is 1. The van der Waals surface area contributed by atoms with Gasteiger partial charge in [0.1, 0.15) is 23.7 Å². The second kappa shape index (κ2) is 11.3. The average molecular weight is 537 g/mol. The molecule has 0 aliphatic carbocycles. The lowest BCUT2D eigenvalue weighted by Crippen LogP contribution is -2.28. The maximum atomic E-state index is 12.8. The molecule has 0 bridgehead atoms. The Morgan fingerprint density at radius 1 is 1.20 bits per heavy atom. The number of nitrogen functional groups attached to an aromatic ring is 1. The van der Waals surface area contributed by atoms with Crippen molar-refractivity contribution in [2.75, 3.05) is 44.8 Å². The normalized spacial score (nSPS) is 15.2. The van der Waals surface area contributed by atoms with Crippen LogP contribution in [0.1, 0.15) is 28.4 Å². The van der Waals surface area contributed by atoms with E-state index in [4.69, 9.17) is 16.1 Å². The lowest BCUT2D eigenvalue weighted by molar-refractivity contribution is -0.125. The van der Waals surface area contributed by atoms with Gasteiger partial charge in [-0.3, -0.25) is 9.59 Å². The number of carbonyl (C=O) groups is 2. The molecule has 2 amide bonds. The molecule has 202 valence electrons. The highest BCUT2D eigenvalue weighted by atomic mass is 16.2. The molecule has 0 radical (unpaired) electrons. The first-order valence-electron chi connectivity index (χ1n) is 12.7. The van der Waals surface area contributed by atoms with E-state index in [9.17, 15) is 9.59 Å². The van der Waals surface area contributed by atoms with Crippen LogP contribution >= 0.6 is 0 Å². The molecular formula is C28H28N10O2. The second-order valence-electron chi connectivity index (χ2n) is 9.72. The van der Waals surface area contributed by atoms with Crippen LogP contribution in [0.15, 0.2) is 61.1 Å². The molecule has 1 aliphatic rings. The van der Waals surface area contributed by atoms with Crippen LogP contribution in [0.2, 0.25) is 0 Å². The maximum absolute atomic E-state index is 12.8. The first kappa shape index (κ1) is 26.5. The van der Waals surface area contributed by atoms with Crippen molar-refractivity contribution in [3.8, 4) is 17.3 Å². The molecule has 1 aliphatic heterocycles. The van der Waals surface area contributed by atoms with E-state index in [1.165, 1.54) is 18.6 Å². The van der Waals surface area contributed by atoms with Crippen LogP contribution < -0.4 is 11.1 Å². The van der Waals surface area contributed by atoms with Gasteiger partial charge in [-0.15, -0.1) is 0 Å². The first-order valence-corrected chi connectivity index (χ1v) is 12.7. The largest absolute Gasteiger partial charge is 0.383 e. The molecule has 1 fully saturated rings. The number of carbonyl (C=O) groups excluding carboxylic acids is 2. The summed E-state index contributed by atoms with van der Waals surface area (Å²) in [6.45, 7) is 1.81. The maximum Gasteiger partial charge on any atom is 0.256 e. The Balaban J connectivity index is 1.38. The van der Waals surface area contributed by atoms with Gasteiger partial charge in [0.25, 0.3) is 5.91 Å². The summed E-state index contributed by atoms with van der Waals surface area (Å²) in [6, 6.07) is 11.9. The standard InChI is InChI=1S/C28H28N10O2/c1-36(2)12-3-4-23(39)37-13-10-21(16-37)38-27-24(26(30)32-17-33-27)25(35-38)19-5-7-20(8-6-19)28(40)34-22-14-18(15-29)9-11-31-22/h3-9,11,14,17,21H,10,12-13,16H2,1-2H3,(H2,30,32,33)(H,31,34,40). The van der Waals surface area contributed by atoms with Gasteiger partial charge < -0.3 is 20.9 Å². The number of fused-ring (bicyclic) bond motifs is 1. The van der Waals surface area contributed by atoms with Gasteiger partial charge in [0.05, 0.1) is 23.1 Å². The number of nitriles is 1. The quantitative estimate of drug-likeness (QED) is 0.338. The molecule has 0 spiro atoms. The minimum absolute atomic E-state index is 0.0291. The summed E-state index contributed by atoms with van der Waals surface area (Å²) < 4.78 is 1.83. The predicted octanol–water partition coefficient (Wildman–Crippen LogP) is 2.49. The molecule has 4 aromatic rings. The van der Waals surface area contributed by atoms with Crippen LogP contribution in [0.5, 0.6) is 0 Å². The smallest absolute Gasteiger partial charge is 0.256 e. The van der Waals surface area contributed by atoms with Crippen molar-refractivity contribution in [2.24, 2.45) is 0 Å². The van der Waals surface area contributed by atoms with Crippen LogP contribution in [0.4, 0.5) is 11.6 Å². The van der Waals surface area contributed by atoms with E-state index in [2.05, 4.69) is 20.3 Å². The van der Waals surface area contributed by atoms with Gasteiger partial charge in [-0.25, -0.2) is 19.6 Å². The third-order valence-corrected chi connectivity index (χ3v) is 6.62. The highest BCUT2D eigenvalue weighted by Gasteiger charge is 2.30. The molecule has 40 heavy (non-hydrogen) atoms. The molecule has 12 heteroatoms. The number of aromatic nitrogens is 5. The summed E-state index contributed by atoms with van der Waals surface area (Å²) in [5.74, 6) is 0.204. The number of nitrogens with one attached hydrogen (secondary N) is 1. The van der Waals surface area contributed by atoms with Gasteiger partial charge in [0.2, 0.25) is 5.91 Å². The van der Waals surface area contributed by atoms with Crippen LogP contribution in [0.25, 0.3) is 22.3 Å². The fourth-order valence-corrected chi connectivity index (χ4v) is 4.60. The number of amides is 2. The Morgan fingerprint density at radius 2 is 2.00 bits per heavy atom. The Hall–Kier alpha value is -5.15. The Kier molecular flexibility index (Phi) is 7.48. The molecule has 3 N–H and O–H groups in total. The first-order chi connectivity index (χ1) is 19.3. The van der Waals surface area contributed by atoms with E-state index >= 15 is 0 Å². The van der Waals surface area contributed by atoms with Gasteiger partial charge in [-0.05, 0) is 44.8 Å². The Bertz CT molecular complexity index is 1640. The van der Waals surface area contributed by atoms with E-state index in [0.29, 0.717) is 59.1 Å². The zero-order valence-corrected chi connectivity index (χ0v) is 22.2. The highest BCUT2D eigenvalue weighted by molar-refractivity contribution is 6.04. The summed E-state index contributed by atoms with van der Waals surface area (Å²) in [5, 5.41) is 17.3. The van der Waals surface area contributed by atoms with Crippen molar-refractivity contribution in [2.45, 2.75) is 12.5 Å². The van der Waals surface area contributed by atoms with Gasteiger partial charge in [-0.2, -0.15) is 10.4 Å². The van der Waals surface area contributed by atoms with E-state index in [1.807, 2.05) is 40.7 Å². The minimum Gasteiger partial charge on any atom is -0.383 e. The molecule has 3 aromatic heterocycles. The number of hydrogen-bond acceptors (Lipinski definition) is 9. The van der Waals surface area contributed by atoms with Crippen LogP contribution in [0, 0.1) is 11.3 Å². The topological polar surface area (TPSA) is 159 Å². The molecule has 1 saturated heterocycles. The van der Waals surface area contributed by atoms with E-state index in [-0.39, 0.29) is 17.9 Å². The predicted molar refractivity (Wildman–Crippen MR) is 150 cm³/mol.